The molecule has 0 radical (unpaired) electrons. The van der Waals surface area contributed by atoms with E-state index in [0.717, 1.165) is 9.87 Å². The van der Waals surface area contributed by atoms with Crippen LogP contribution in [0.15, 0.2) is 77.7 Å². The van der Waals surface area contributed by atoms with Crippen LogP contribution in [0.25, 0.3) is 0 Å². The predicted molar refractivity (Wildman–Crippen MR) is 128 cm³/mol. The lowest BCUT2D eigenvalue weighted by molar-refractivity contribution is -0.119. The lowest BCUT2D eigenvalue weighted by Gasteiger charge is -2.24. The van der Waals surface area contributed by atoms with E-state index in [9.17, 15) is 13.2 Å². The lowest BCUT2D eigenvalue weighted by Crippen LogP contribution is -2.40. The summed E-state index contributed by atoms with van der Waals surface area (Å²) in [6.07, 6.45) is 0. The van der Waals surface area contributed by atoms with Gasteiger partial charge in [0.2, 0.25) is 5.91 Å². The normalized spacial score (nSPS) is 11.0. The number of hydrogen-bond acceptors (Lipinski definition) is 5. The Balaban J connectivity index is 1.84. The van der Waals surface area contributed by atoms with Crippen molar-refractivity contribution in [1.29, 1.82) is 0 Å². The largest absolute Gasteiger partial charge is 0.497 e. The quantitative estimate of drug-likeness (QED) is 0.461. The molecule has 33 heavy (non-hydrogen) atoms. The van der Waals surface area contributed by atoms with Gasteiger partial charge in [0.25, 0.3) is 10.0 Å². The van der Waals surface area contributed by atoms with E-state index in [-0.39, 0.29) is 11.4 Å². The molecule has 0 aromatic heterocycles. The molecule has 0 aliphatic carbocycles. The Hall–Kier alpha value is -3.23. The average Bonchev–Trinajstić information content (AvgIpc) is 2.82. The molecular weight excluding hydrogens is 464 g/mol. The first kappa shape index (κ1) is 24.4. The molecule has 7 nitrogen and oxygen atoms in total. The van der Waals surface area contributed by atoms with E-state index >= 15 is 0 Å². The maximum Gasteiger partial charge on any atom is 0.264 e. The second-order valence-corrected chi connectivity index (χ2v) is 9.32. The summed E-state index contributed by atoms with van der Waals surface area (Å²) in [7, 11) is -2.47. The molecule has 0 heterocycles. The molecule has 1 amide bonds. The van der Waals surface area contributed by atoms with Gasteiger partial charge < -0.3 is 14.8 Å². The molecule has 0 spiro atoms. The Kier molecular flexibility index (Phi) is 8.19. The zero-order valence-corrected chi connectivity index (χ0v) is 19.9. The number of nitrogens with one attached hydrogen (secondary N) is 1. The smallest absolute Gasteiger partial charge is 0.264 e. The molecule has 3 rings (SSSR count). The summed E-state index contributed by atoms with van der Waals surface area (Å²) in [5.41, 5.74) is 1.17. The third-order valence-electron chi connectivity index (χ3n) is 4.75. The Morgan fingerprint density at radius 3 is 2.33 bits per heavy atom. The van der Waals surface area contributed by atoms with Gasteiger partial charge in [0, 0.05) is 11.6 Å². The van der Waals surface area contributed by atoms with E-state index in [0.29, 0.717) is 28.8 Å². The van der Waals surface area contributed by atoms with Crippen LogP contribution < -0.4 is 19.1 Å². The third kappa shape index (κ3) is 6.40. The predicted octanol–water partition coefficient (Wildman–Crippen LogP) is 4.26. The fraction of sp³-hybridized carbons (Fsp3) is 0.208. The van der Waals surface area contributed by atoms with Crippen LogP contribution in [-0.4, -0.2) is 34.6 Å². The first-order valence-electron chi connectivity index (χ1n) is 10.2. The number of carbonyl (C=O) groups excluding carboxylic acids is 1. The van der Waals surface area contributed by atoms with Gasteiger partial charge in [-0.05, 0) is 73.2 Å². The summed E-state index contributed by atoms with van der Waals surface area (Å²) in [5.74, 6) is 0.819. The molecule has 0 fully saturated rings. The highest BCUT2D eigenvalue weighted by atomic mass is 35.5. The summed E-state index contributed by atoms with van der Waals surface area (Å²) in [4.78, 5) is 12.8. The number of carbonyl (C=O) groups is 1. The van der Waals surface area contributed by atoms with E-state index in [2.05, 4.69) is 5.32 Å². The molecule has 174 valence electrons. The Morgan fingerprint density at radius 1 is 1.00 bits per heavy atom. The van der Waals surface area contributed by atoms with Crippen molar-refractivity contribution < 1.29 is 22.7 Å². The minimum atomic E-state index is -4.03. The number of ether oxygens (including phenoxy) is 2. The van der Waals surface area contributed by atoms with Crippen molar-refractivity contribution in [1.82, 2.24) is 5.32 Å². The van der Waals surface area contributed by atoms with Gasteiger partial charge in [-0.1, -0.05) is 23.7 Å². The summed E-state index contributed by atoms with van der Waals surface area (Å²) >= 11 is 5.92. The van der Waals surface area contributed by atoms with E-state index in [1.54, 1.807) is 43.5 Å². The number of hydrogen-bond donors (Lipinski definition) is 1. The Morgan fingerprint density at radius 2 is 1.70 bits per heavy atom. The number of anilines is 1. The number of rotatable bonds is 10. The maximum atomic E-state index is 13.4. The fourth-order valence-electron chi connectivity index (χ4n) is 3.09. The van der Waals surface area contributed by atoms with Gasteiger partial charge in [0.05, 0.1) is 24.3 Å². The third-order valence-corrected chi connectivity index (χ3v) is 6.79. The summed E-state index contributed by atoms with van der Waals surface area (Å²) < 4.78 is 38.5. The number of amides is 1. The number of benzene rings is 3. The molecule has 0 unspecified atom stereocenters. The highest BCUT2D eigenvalue weighted by molar-refractivity contribution is 7.92. The van der Waals surface area contributed by atoms with E-state index < -0.39 is 22.5 Å². The molecule has 0 saturated heterocycles. The molecule has 0 bridgehead atoms. The highest BCUT2D eigenvalue weighted by Crippen LogP contribution is 2.26. The summed E-state index contributed by atoms with van der Waals surface area (Å²) in [5, 5.41) is 3.18. The zero-order chi connectivity index (χ0) is 23.8. The Labute approximate surface area is 198 Å². The highest BCUT2D eigenvalue weighted by Gasteiger charge is 2.27. The van der Waals surface area contributed by atoms with Crippen LogP contribution in [0.2, 0.25) is 5.02 Å². The Bertz CT molecular complexity index is 1180. The molecule has 3 aromatic carbocycles. The molecule has 0 aliphatic rings. The number of nitrogens with zero attached hydrogens (tertiary/aromatic N) is 1. The van der Waals surface area contributed by atoms with Crippen molar-refractivity contribution in [2.45, 2.75) is 18.4 Å². The minimum absolute atomic E-state index is 0.0291. The molecule has 3 aromatic rings. The molecule has 0 aliphatic heterocycles. The first-order chi connectivity index (χ1) is 15.8. The second-order valence-electron chi connectivity index (χ2n) is 7.02. The van der Waals surface area contributed by atoms with Gasteiger partial charge in [0.15, 0.2) is 0 Å². The number of sulfonamides is 1. The van der Waals surface area contributed by atoms with Crippen LogP contribution in [0.4, 0.5) is 5.69 Å². The monoisotopic (exact) mass is 488 g/mol. The van der Waals surface area contributed by atoms with Crippen molar-refractivity contribution in [2.24, 2.45) is 0 Å². The van der Waals surface area contributed by atoms with Crippen LogP contribution in [0.5, 0.6) is 11.5 Å². The standard InChI is InChI=1S/C24H25ClN2O5S/c1-3-32-21-11-9-20(10-12-21)27(33(29,30)23-13-7-19(25)8-14-23)17-24(28)26-16-18-5-4-6-22(15-18)31-2/h4-15H,3,16-17H2,1-2H3,(H,26,28). The minimum Gasteiger partial charge on any atom is -0.497 e. The van der Waals surface area contributed by atoms with Crippen molar-refractivity contribution in [2.75, 3.05) is 24.6 Å². The molecule has 0 atom stereocenters. The van der Waals surface area contributed by atoms with Gasteiger partial charge in [-0.25, -0.2) is 8.42 Å². The van der Waals surface area contributed by atoms with Crippen LogP contribution in [-0.2, 0) is 21.4 Å². The average molecular weight is 489 g/mol. The fourth-order valence-corrected chi connectivity index (χ4v) is 4.64. The van der Waals surface area contributed by atoms with Crippen LogP contribution >= 0.6 is 11.6 Å². The lowest BCUT2D eigenvalue weighted by atomic mass is 10.2. The van der Waals surface area contributed by atoms with Crippen LogP contribution in [0.1, 0.15) is 12.5 Å². The van der Waals surface area contributed by atoms with E-state index in [1.165, 1.54) is 24.3 Å². The van der Waals surface area contributed by atoms with E-state index in [4.69, 9.17) is 21.1 Å². The first-order valence-corrected chi connectivity index (χ1v) is 12.1. The molecule has 0 saturated carbocycles. The zero-order valence-electron chi connectivity index (χ0n) is 18.3. The van der Waals surface area contributed by atoms with E-state index in [1.807, 2.05) is 19.1 Å². The van der Waals surface area contributed by atoms with Crippen molar-refractivity contribution >= 4 is 33.2 Å². The van der Waals surface area contributed by atoms with Crippen molar-refractivity contribution in [3.8, 4) is 11.5 Å². The van der Waals surface area contributed by atoms with Gasteiger partial charge in [-0.15, -0.1) is 0 Å². The topological polar surface area (TPSA) is 84.9 Å². The summed E-state index contributed by atoms with van der Waals surface area (Å²) in [6, 6.07) is 19.6. The van der Waals surface area contributed by atoms with Gasteiger partial charge >= 0.3 is 0 Å². The maximum absolute atomic E-state index is 13.4. The van der Waals surface area contributed by atoms with Gasteiger partial charge in [-0.2, -0.15) is 0 Å². The van der Waals surface area contributed by atoms with Crippen LogP contribution in [0.3, 0.4) is 0 Å². The second kappa shape index (κ2) is 11.1. The van der Waals surface area contributed by atoms with Crippen molar-refractivity contribution in [3.05, 3.63) is 83.4 Å². The number of halogens is 1. The number of methoxy groups -OCH3 is 1. The molecule has 1 N–H and O–H groups in total. The molecular formula is C24H25ClN2O5S. The SMILES string of the molecule is CCOc1ccc(N(CC(=O)NCc2cccc(OC)c2)S(=O)(=O)c2ccc(Cl)cc2)cc1. The summed E-state index contributed by atoms with van der Waals surface area (Å²) in [6.45, 7) is 2.17. The van der Waals surface area contributed by atoms with Gasteiger partial charge in [0.1, 0.15) is 18.0 Å². The molecule has 9 heteroatoms. The van der Waals surface area contributed by atoms with Crippen LogP contribution in [0, 0.1) is 0 Å². The van der Waals surface area contributed by atoms with Crippen molar-refractivity contribution in [3.63, 3.8) is 0 Å². The van der Waals surface area contributed by atoms with Gasteiger partial charge in [-0.3, -0.25) is 9.10 Å².